The van der Waals surface area contributed by atoms with Gasteiger partial charge in [0.2, 0.25) is 5.90 Å². The SMILES string of the molecule is CN=C(C)ON=C(C)/C(C)=N/OC(=NC(C)(C)C)NC(C)(C)C. The van der Waals surface area contributed by atoms with Crippen LogP contribution >= 0.6 is 0 Å². The zero-order chi connectivity index (χ0) is 18.3. The van der Waals surface area contributed by atoms with Crippen LogP contribution in [0.4, 0.5) is 0 Å². The lowest BCUT2D eigenvalue weighted by atomic mass is 10.1. The molecule has 7 heteroatoms. The molecule has 0 atom stereocenters. The van der Waals surface area contributed by atoms with Crippen LogP contribution in [0.2, 0.25) is 0 Å². The fourth-order valence-electron chi connectivity index (χ4n) is 1.12. The van der Waals surface area contributed by atoms with Crippen molar-refractivity contribution < 1.29 is 9.68 Å². The van der Waals surface area contributed by atoms with Crippen molar-refractivity contribution in [2.45, 2.75) is 73.4 Å². The van der Waals surface area contributed by atoms with Crippen molar-refractivity contribution in [3.8, 4) is 0 Å². The molecule has 0 spiro atoms. The maximum atomic E-state index is 5.47. The lowest BCUT2D eigenvalue weighted by Crippen LogP contribution is -2.42. The van der Waals surface area contributed by atoms with Gasteiger partial charge < -0.3 is 15.0 Å². The molecule has 0 aliphatic carbocycles. The molecule has 0 bridgehead atoms. The van der Waals surface area contributed by atoms with Gasteiger partial charge in [0.25, 0.3) is 0 Å². The Morgan fingerprint density at radius 2 is 1.30 bits per heavy atom. The molecule has 0 aromatic rings. The van der Waals surface area contributed by atoms with Gasteiger partial charge in [0.1, 0.15) is 11.4 Å². The minimum atomic E-state index is -0.280. The highest BCUT2D eigenvalue weighted by molar-refractivity contribution is 6.40. The second-order valence-corrected chi connectivity index (χ2v) is 7.24. The number of hydrogen-bond donors (Lipinski definition) is 1. The van der Waals surface area contributed by atoms with Crippen molar-refractivity contribution in [1.82, 2.24) is 5.32 Å². The highest BCUT2D eigenvalue weighted by Gasteiger charge is 2.17. The Morgan fingerprint density at radius 3 is 1.70 bits per heavy atom. The fourth-order valence-corrected chi connectivity index (χ4v) is 1.12. The third kappa shape index (κ3) is 11.3. The lowest BCUT2D eigenvalue weighted by Gasteiger charge is -2.23. The first kappa shape index (κ1) is 21.1. The molecule has 0 amide bonds. The molecule has 23 heavy (non-hydrogen) atoms. The average Bonchev–Trinajstić information content (AvgIpc) is 2.37. The number of rotatable bonds is 3. The summed E-state index contributed by atoms with van der Waals surface area (Å²) in [7, 11) is 1.64. The molecule has 0 heterocycles. The van der Waals surface area contributed by atoms with E-state index in [4.69, 9.17) is 9.68 Å². The molecular weight excluding hydrogens is 294 g/mol. The van der Waals surface area contributed by atoms with Crippen LogP contribution < -0.4 is 5.32 Å². The molecule has 0 rings (SSSR count). The first-order valence-corrected chi connectivity index (χ1v) is 7.59. The van der Waals surface area contributed by atoms with Gasteiger partial charge >= 0.3 is 6.02 Å². The van der Waals surface area contributed by atoms with E-state index in [1.54, 1.807) is 27.8 Å². The summed E-state index contributed by atoms with van der Waals surface area (Å²) in [5.74, 6) is 0.474. The normalized spacial score (nSPS) is 15.6. The maximum Gasteiger partial charge on any atom is 0.315 e. The Hall–Kier alpha value is -1.92. The van der Waals surface area contributed by atoms with Crippen LogP contribution in [0, 0.1) is 0 Å². The topological polar surface area (TPSA) is 79.9 Å². The van der Waals surface area contributed by atoms with E-state index in [-0.39, 0.29) is 11.1 Å². The first-order chi connectivity index (χ1) is 10.3. The Balaban J connectivity index is 5.11. The molecule has 7 nitrogen and oxygen atoms in total. The van der Waals surface area contributed by atoms with E-state index in [0.29, 0.717) is 23.3 Å². The number of nitrogens with zero attached hydrogens (tertiary/aromatic N) is 4. The van der Waals surface area contributed by atoms with E-state index in [9.17, 15) is 0 Å². The van der Waals surface area contributed by atoms with Gasteiger partial charge in [0.05, 0.1) is 5.54 Å². The van der Waals surface area contributed by atoms with Crippen molar-refractivity contribution in [2.24, 2.45) is 20.3 Å². The smallest absolute Gasteiger partial charge is 0.315 e. The first-order valence-electron chi connectivity index (χ1n) is 7.59. The van der Waals surface area contributed by atoms with Gasteiger partial charge in [0.15, 0.2) is 0 Å². The van der Waals surface area contributed by atoms with Crippen LogP contribution in [-0.2, 0) is 9.68 Å². The van der Waals surface area contributed by atoms with Crippen LogP contribution in [0.3, 0.4) is 0 Å². The van der Waals surface area contributed by atoms with Crippen LogP contribution in [0.25, 0.3) is 0 Å². The molecular formula is C16H31N5O2. The van der Waals surface area contributed by atoms with Crippen molar-refractivity contribution in [2.75, 3.05) is 7.05 Å². The maximum absolute atomic E-state index is 5.47. The van der Waals surface area contributed by atoms with Gasteiger partial charge in [-0.25, -0.2) is 4.99 Å². The van der Waals surface area contributed by atoms with Crippen molar-refractivity contribution in [1.29, 1.82) is 0 Å². The highest BCUT2D eigenvalue weighted by Crippen LogP contribution is 2.09. The summed E-state index contributed by atoms with van der Waals surface area (Å²) in [5.41, 5.74) is 0.719. The standard InChI is InChI=1S/C16H31N5O2/c1-11(20-22-13(3)17-10)12(2)21-23-14(18-15(4,5)6)19-16(7,8)9/h1-10H3,(H,18,19)/b17-13?,20-11?,21-12+. The number of nitrogens with one attached hydrogen (secondary N) is 1. The van der Waals surface area contributed by atoms with Gasteiger partial charge in [0, 0.05) is 19.5 Å². The molecule has 0 saturated carbocycles. The number of oxime groups is 2. The summed E-state index contributed by atoms with van der Waals surface area (Å²) in [4.78, 5) is 18.9. The quantitative estimate of drug-likeness (QED) is 0.491. The van der Waals surface area contributed by atoms with E-state index < -0.39 is 0 Å². The molecule has 0 radical (unpaired) electrons. The summed E-state index contributed by atoms with van der Waals surface area (Å²) in [6, 6.07) is 0.365. The molecule has 0 aliphatic rings. The van der Waals surface area contributed by atoms with Gasteiger partial charge in [-0.3, -0.25) is 4.99 Å². The molecule has 1 N–H and O–H groups in total. The van der Waals surface area contributed by atoms with Crippen LogP contribution in [0.15, 0.2) is 20.3 Å². The third-order valence-electron chi connectivity index (χ3n) is 2.34. The minimum absolute atomic E-state index is 0.186. The second kappa shape index (κ2) is 8.64. The van der Waals surface area contributed by atoms with Gasteiger partial charge in [-0.2, -0.15) is 0 Å². The van der Waals surface area contributed by atoms with E-state index in [1.807, 2.05) is 41.5 Å². The highest BCUT2D eigenvalue weighted by atomic mass is 16.6. The van der Waals surface area contributed by atoms with Gasteiger partial charge in [-0.1, -0.05) is 10.3 Å². The number of aliphatic imine (C=N–C) groups is 2. The average molecular weight is 325 g/mol. The monoisotopic (exact) mass is 325 g/mol. The molecule has 0 aromatic carbocycles. The molecule has 0 unspecified atom stereocenters. The van der Waals surface area contributed by atoms with Crippen LogP contribution in [0.5, 0.6) is 0 Å². The summed E-state index contributed by atoms with van der Waals surface area (Å²) in [6.45, 7) is 17.3. The Labute approximate surface area is 139 Å². The molecule has 0 fully saturated rings. The van der Waals surface area contributed by atoms with Crippen LogP contribution in [-0.4, -0.2) is 41.5 Å². The Kier molecular flexibility index (Phi) is 7.92. The van der Waals surface area contributed by atoms with Gasteiger partial charge in [-0.05, 0) is 55.4 Å². The van der Waals surface area contributed by atoms with Gasteiger partial charge in [-0.15, -0.1) is 0 Å². The fraction of sp³-hybridized carbons (Fsp3) is 0.750. The van der Waals surface area contributed by atoms with E-state index in [0.717, 1.165) is 0 Å². The summed E-state index contributed by atoms with van der Waals surface area (Å²) in [5, 5.41) is 11.2. The zero-order valence-corrected chi connectivity index (χ0v) is 16.1. The zero-order valence-electron chi connectivity index (χ0n) is 16.1. The van der Waals surface area contributed by atoms with E-state index in [1.165, 1.54) is 0 Å². The van der Waals surface area contributed by atoms with Crippen molar-refractivity contribution >= 4 is 23.3 Å². The summed E-state index contributed by atoms with van der Waals surface area (Å²) in [6.07, 6.45) is 0. The third-order valence-corrected chi connectivity index (χ3v) is 2.34. The molecule has 0 aromatic heterocycles. The molecule has 0 aliphatic heterocycles. The predicted octanol–water partition coefficient (Wildman–Crippen LogP) is 3.36. The molecule has 132 valence electrons. The van der Waals surface area contributed by atoms with E-state index >= 15 is 0 Å². The molecule has 0 saturated heterocycles. The minimum Gasteiger partial charge on any atom is -0.342 e. The summed E-state index contributed by atoms with van der Waals surface area (Å²) < 4.78 is 0. The summed E-state index contributed by atoms with van der Waals surface area (Å²) >= 11 is 0. The Bertz CT molecular complexity index is 506. The lowest BCUT2D eigenvalue weighted by molar-refractivity contribution is 0.286. The number of amidine groups is 1. The number of hydrogen-bond acceptors (Lipinski definition) is 6. The second-order valence-electron chi connectivity index (χ2n) is 7.24. The van der Waals surface area contributed by atoms with Crippen molar-refractivity contribution in [3.63, 3.8) is 0 Å². The largest absolute Gasteiger partial charge is 0.342 e. The van der Waals surface area contributed by atoms with Crippen LogP contribution in [0.1, 0.15) is 62.3 Å². The Morgan fingerprint density at radius 1 is 0.826 bits per heavy atom. The van der Waals surface area contributed by atoms with Crippen molar-refractivity contribution in [3.05, 3.63) is 0 Å². The van der Waals surface area contributed by atoms with E-state index in [2.05, 4.69) is 25.6 Å². The predicted molar refractivity (Wildman–Crippen MR) is 97.5 cm³/mol.